The average molecular weight is 414 g/mol. The van der Waals surface area contributed by atoms with Crippen LogP contribution < -0.4 is 15.4 Å². The van der Waals surface area contributed by atoms with Crippen LogP contribution >= 0.6 is 0 Å². The minimum absolute atomic E-state index is 0.109. The van der Waals surface area contributed by atoms with Crippen LogP contribution in [0.4, 0.5) is 5.69 Å². The van der Waals surface area contributed by atoms with Crippen molar-refractivity contribution >= 4 is 21.5 Å². The molecule has 3 N–H and O–H groups in total. The van der Waals surface area contributed by atoms with Crippen molar-refractivity contribution in [3.05, 3.63) is 71.4 Å². The molecule has 1 aliphatic rings. The van der Waals surface area contributed by atoms with Crippen LogP contribution in [-0.2, 0) is 21.2 Å². The lowest BCUT2D eigenvalue weighted by Crippen LogP contribution is -2.24. The molecule has 7 heteroatoms. The van der Waals surface area contributed by atoms with Crippen LogP contribution in [0.15, 0.2) is 65.2 Å². The molecule has 0 fully saturated rings. The van der Waals surface area contributed by atoms with Gasteiger partial charge in [0.05, 0.1) is 4.90 Å². The van der Waals surface area contributed by atoms with Gasteiger partial charge in [-0.1, -0.05) is 24.3 Å². The molecule has 6 nitrogen and oxygen atoms in total. The number of nitrogens with zero attached hydrogens (tertiary/aromatic N) is 1. The molecule has 0 amide bonds. The van der Waals surface area contributed by atoms with Gasteiger partial charge in [-0.05, 0) is 54.2 Å². The highest BCUT2D eigenvalue weighted by Gasteiger charge is 2.22. The fourth-order valence-electron chi connectivity index (χ4n) is 3.51. The van der Waals surface area contributed by atoms with Gasteiger partial charge in [-0.25, -0.2) is 13.6 Å². The van der Waals surface area contributed by atoms with Crippen LogP contribution in [0.5, 0.6) is 0 Å². The standard InChI is InChI=1S/C22H27N3O3S/c1-25(2)20-7-5-17(6-8-20)18-13-19(15-21(26)14-18)24-12-11-16-3-9-22(10-4-16)29(23,27)28/h3-10,15,18,24H,11-14H2,1-2H3,(H2,23,27,28)/t18-/m1/s1. The lowest BCUT2D eigenvalue weighted by Gasteiger charge is -2.24. The molecular weight excluding hydrogens is 386 g/mol. The smallest absolute Gasteiger partial charge is 0.238 e. The molecule has 0 saturated carbocycles. The summed E-state index contributed by atoms with van der Waals surface area (Å²) in [5, 5.41) is 8.48. The van der Waals surface area contributed by atoms with Gasteiger partial charge in [0.2, 0.25) is 10.0 Å². The number of anilines is 1. The average Bonchev–Trinajstić information content (AvgIpc) is 2.67. The molecule has 2 aromatic rings. The van der Waals surface area contributed by atoms with Crippen molar-refractivity contribution in [1.82, 2.24) is 5.32 Å². The first kappa shape index (κ1) is 21.1. The lowest BCUT2D eigenvalue weighted by molar-refractivity contribution is -0.115. The molecule has 2 aromatic carbocycles. The van der Waals surface area contributed by atoms with Gasteiger partial charge in [-0.2, -0.15) is 0 Å². The number of carbonyl (C=O) groups is 1. The van der Waals surface area contributed by atoms with E-state index in [0.717, 1.165) is 29.8 Å². The first-order chi connectivity index (χ1) is 13.7. The van der Waals surface area contributed by atoms with E-state index in [4.69, 9.17) is 5.14 Å². The van der Waals surface area contributed by atoms with E-state index in [1.54, 1.807) is 18.2 Å². The highest BCUT2D eigenvalue weighted by molar-refractivity contribution is 7.89. The molecule has 0 heterocycles. The van der Waals surface area contributed by atoms with Gasteiger partial charge >= 0.3 is 0 Å². The SMILES string of the molecule is CN(C)c1ccc([C@H]2CC(=O)C=C(NCCc3ccc(S(N)(=O)=O)cc3)C2)cc1. The monoisotopic (exact) mass is 413 g/mol. The fourth-order valence-corrected chi connectivity index (χ4v) is 4.02. The third-order valence-electron chi connectivity index (χ3n) is 5.15. The van der Waals surface area contributed by atoms with Crippen molar-refractivity contribution in [2.45, 2.75) is 30.1 Å². The number of carbonyl (C=O) groups excluding carboxylic acids is 1. The summed E-state index contributed by atoms with van der Waals surface area (Å²) in [5.74, 6) is 0.318. The van der Waals surface area contributed by atoms with E-state index in [9.17, 15) is 13.2 Å². The van der Waals surface area contributed by atoms with Crippen molar-refractivity contribution in [2.75, 3.05) is 25.5 Å². The molecule has 29 heavy (non-hydrogen) atoms. The molecule has 3 rings (SSSR count). The highest BCUT2D eigenvalue weighted by Crippen LogP contribution is 2.31. The number of ketones is 1. The van der Waals surface area contributed by atoms with E-state index in [1.165, 1.54) is 17.7 Å². The van der Waals surface area contributed by atoms with Gasteiger partial charge < -0.3 is 10.2 Å². The van der Waals surface area contributed by atoms with Crippen LogP contribution in [0.3, 0.4) is 0 Å². The van der Waals surface area contributed by atoms with Gasteiger partial charge in [0.25, 0.3) is 0 Å². The Morgan fingerprint density at radius 1 is 1.03 bits per heavy atom. The Morgan fingerprint density at radius 2 is 1.69 bits per heavy atom. The van der Waals surface area contributed by atoms with E-state index >= 15 is 0 Å². The second-order valence-electron chi connectivity index (χ2n) is 7.59. The van der Waals surface area contributed by atoms with Crippen LogP contribution in [0, 0.1) is 0 Å². The normalized spacial score (nSPS) is 17.0. The maximum absolute atomic E-state index is 12.2. The van der Waals surface area contributed by atoms with E-state index in [2.05, 4.69) is 34.5 Å². The summed E-state index contributed by atoms with van der Waals surface area (Å²) in [5.41, 5.74) is 4.26. The highest BCUT2D eigenvalue weighted by atomic mass is 32.2. The Morgan fingerprint density at radius 3 is 2.28 bits per heavy atom. The zero-order valence-electron chi connectivity index (χ0n) is 16.8. The summed E-state index contributed by atoms with van der Waals surface area (Å²) in [4.78, 5) is 14.4. The number of hydrogen-bond donors (Lipinski definition) is 2. The van der Waals surface area contributed by atoms with Gasteiger partial charge in [0, 0.05) is 44.5 Å². The molecule has 1 aliphatic carbocycles. The van der Waals surface area contributed by atoms with Crippen LogP contribution in [0.2, 0.25) is 0 Å². The largest absolute Gasteiger partial charge is 0.388 e. The number of primary sulfonamides is 1. The zero-order chi connectivity index (χ0) is 21.0. The molecule has 0 radical (unpaired) electrons. The van der Waals surface area contributed by atoms with E-state index in [1.807, 2.05) is 14.1 Å². The zero-order valence-corrected chi connectivity index (χ0v) is 17.6. The van der Waals surface area contributed by atoms with Gasteiger partial charge in [-0.15, -0.1) is 0 Å². The number of hydrogen-bond acceptors (Lipinski definition) is 5. The maximum atomic E-state index is 12.2. The van der Waals surface area contributed by atoms with Gasteiger partial charge in [-0.3, -0.25) is 4.79 Å². The molecule has 0 aromatic heterocycles. The van der Waals surface area contributed by atoms with Crippen molar-refractivity contribution in [3.8, 4) is 0 Å². The molecule has 0 aliphatic heterocycles. The van der Waals surface area contributed by atoms with Crippen molar-refractivity contribution in [2.24, 2.45) is 5.14 Å². The Bertz CT molecular complexity index is 995. The summed E-state index contributed by atoms with van der Waals surface area (Å²) < 4.78 is 22.6. The van der Waals surface area contributed by atoms with Gasteiger partial charge in [0.15, 0.2) is 5.78 Å². The second kappa shape index (κ2) is 8.80. The quantitative estimate of drug-likeness (QED) is 0.728. The predicted octanol–water partition coefficient (Wildman–Crippen LogP) is 2.56. The summed E-state index contributed by atoms with van der Waals surface area (Å²) in [6.45, 7) is 0.667. The number of nitrogens with two attached hydrogens (primary N) is 1. The van der Waals surface area contributed by atoms with E-state index in [0.29, 0.717) is 13.0 Å². The van der Waals surface area contributed by atoms with Crippen molar-refractivity contribution in [1.29, 1.82) is 0 Å². The Balaban J connectivity index is 1.57. The lowest BCUT2D eigenvalue weighted by atomic mass is 9.85. The Hall–Kier alpha value is -2.64. The first-order valence-corrected chi connectivity index (χ1v) is 11.1. The number of nitrogens with one attached hydrogen (secondary N) is 1. The van der Waals surface area contributed by atoms with Crippen LogP contribution in [0.25, 0.3) is 0 Å². The molecule has 154 valence electrons. The number of allylic oxidation sites excluding steroid dienone is 2. The number of sulfonamides is 1. The Labute approximate surface area is 172 Å². The van der Waals surface area contributed by atoms with Crippen LogP contribution in [0.1, 0.15) is 29.9 Å². The van der Waals surface area contributed by atoms with E-state index in [-0.39, 0.29) is 16.6 Å². The van der Waals surface area contributed by atoms with E-state index < -0.39 is 10.0 Å². The molecular formula is C22H27N3O3S. The van der Waals surface area contributed by atoms with Crippen LogP contribution in [-0.4, -0.2) is 34.8 Å². The summed E-state index contributed by atoms with van der Waals surface area (Å²) >= 11 is 0. The second-order valence-corrected chi connectivity index (χ2v) is 9.15. The van der Waals surface area contributed by atoms with Gasteiger partial charge in [0.1, 0.15) is 0 Å². The first-order valence-electron chi connectivity index (χ1n) is 9.58. The minimum Gasteiger partial charge on any atom is -0.388 e. The predicted molar refractivity (Wildman–Crippen MR) is 115 cm³/mol. The third-order valence-corrected chi connectivity index (χ3v) is 6.08. The summed E-state index contributed by atoms with van der Waals surface area (Å²) in [6.07, 6.45) is 3.76. The summed E-state index contributed by atoms with van der Waals surface area (Å²) in [7, 11) is 0.344. The topological polar surface area (TPSA) is 92.5 Å². The Kier molecular flexibility index (Phi) is 6.39. The number of benzene rings is 2. The third kappa shape index (κ3) is 5.68. The minimum atomic E-state index is -3.67. The molecule has 0 spiro atoms. The number of rotatable bonds is 7. The summed E-state index contributed by atoms with van der Waals surface area (Å²) in [6, 6.07) is 14.9. The van der Waals surface area contributed by atoms with Crippen molar-refractivity contribution < 1.29 is 13.2 Å². The fraction of sp³-hybridized carbons (Fsp3) is 0.318. The van der Waals surface area contributed by atoms with Crippen molar-refractivity contribution in [3.63, 3.8) is 0 Å². The molecule has 0 unspecified atom stereocenters. The molecule has 0 saturated heterocycles. The maximum Gasteiger partial charge on any atom is 0.238 e. The molecule has 1 atom stereocenters. The molecule has 0 bridgehead atoms.